The predicted molar refractivity (Wildman–Crippen MR) is 131 cm³/mol. The standard InChI is InChI=1S/C27H31N3O4/c31-26(13-7-19-6-12-24-25(16-19)34-18-33-24)29-22-10-8-20(9-11-22)27(32)28-17-21-4-3-15-30-14-2-1-5-23(21)30/h6-13,16,21,23H,1-5,14-15,17-18H2,(H,28,32)(H,29,31)/t21-,23-/m1/s1. The van der Waals surface area contributed by atoms with Crippen molar-refractivity contribution in [2.75, 3.05) is 31.7 Å². The summed E-state index contributed by atoms with van der Waals surface area (Å²) in [7, 11) is 0. The smallest absolute Gasteiger partial charge is 0.251 e. The van der Waals surface area contributed by atoms with Crippen molar-refractivity contribution in [3.63, 3.8) is 0 Å². The van der Waals surface area contributed by atoms with Crippen LogP contribution in [0.3, 0.4) is 0 Å². The topological polar surface area (TPSA) is 79.9 Å². The molecular weight excluding hydrogens is 430 g/mol. The first-order chi connectivity index (χ1) is 16.7. The zero-order valence-corrected chi connectivity index (χ0v) is 19.3. The fourth-order valence-corrected chi connectivity index (χ4v) is 5.22. The Morgan fingerprint density at radius 2 is 1.79 bits per heavy atom. The maximum Gasteiger partial charge on any atom is 0.251 e. The van der Waals surface area contributed by atoms with Crippen LogP contribution in [0.2, 0.25) is 0 Å². The van der Waals surface area contributed by atoms with Gasteiger partial charge >= 0.3 is 0 Å². The van der Waals surface area contributed by atoms with Gasteiger partial charge in [-0.3, -0.25) is 9.59 Å². The number of anilines is 1. The van der Waals surface area contributed by atoms with Crippen molar-refractivity contribution < 1.29 is 19.1 Å². The first-order valence-electron chi connectivity index (χ1n) is 12.2. The molecule has 0 radical (unpaired) electrons. The number of nitrogens with zero attached hydrogens (tertiary/aromatic N) is 1. The lowest BCUT2D eigenvalue weighted by Crippen LogP contribution is -2.51. The van der Waals surface area contributed by atoms with Crippen molar-refractivity contribution in [2.45, 2.75) is 38.1 Å². The van der Waals surface area contributed by atoms with Gasteiger partial charge in [-0.05, 0) is 92.7 Å². The molecule has 2 fully saturated rings. The molecule has 7 heteroatoms. The first kappa shape index (κ1) is 22.5. The number of benzene rings is 2. The average Bonchev–Trinajstić information content (AvgIpc) is 3.34. The quantitative estimate of drug-likeness (QED) is 0.634. The van der Waals surface area contributed by atoms with Gasteiger partial charge in [-0.2, -0.15) is 0 Å². The molecule has 7 nitrogen and oxygen atoms in total. The summed E-state index contributed by atoms with van der Waals surface area (Å²) < 4.78 is 10.7. The minimum Gasteiger partial charge on any atom is -0.454 e. The minimum absolute atomic E-state index is 0.0616. The van der Waals surface area contributed by atoms with E-state index in [9.17, 15) is 9.59 Å². The molecule has 5 rings (SSSR count). The van der Waals surface area contributed by atoms with E-state index in [1.807, 2.05) is 18.2 Å². The molecule has 2 amide bonds. The van der Waals surface area contributed by atoms with Crippen LogP contribution < -0.4 is 20.1 Å². The summed E-state index contributed by atoms with van der Waals surface area (Å²) in [5.41, 5.74) is 2.09. The van der Waals surface area contributed by atoms with E-state index >= 15 is 0 Å². The van der Waals surface area contributed by atoms with Crippen molar-refractivity contribution >= 4 is 23.6 Å². The SMILES string of the molecule is O=C(C=Cc1ccc2c(c1)OCO2)Nc1ccc(C(=O)NC[C@H]2CCCN3CCCC[C@H]23)cc1. The van der Waals surface area contributed by atoms with Gasteiger partial charge < -0.3 is 25.0 Å². The molecule has 2 N–H and O–H groups in total. The van der Waals surface area contributed by atoms with Crippen molar-refractivity contribution in [3.05, 3.63) is 59.7 Å². The minimum atomic E-state index is -0.246. The molecule has 2 aromatic carbocycles. The largest absolute Gasteiger partial charge is 0.454 e. The number of hydrogen-bond donors (Lipinski definition) is 2. The zero-order valence-electron chi connectivity index (χ0n) is 19.3. The molecule has 2 saturated heterocycles. The fourth-order valence-electron chi connectivity index (χ4n) is 5.22. The maximum absolute atomic E-state index is 12.7. The van der Waals surface area contributed by atoms with Gasteiger partial charge in [0.2, 0.25) is 12.7 Å². The normalized spacial score (nSPS) is 21.8. The van der Waals surface area contributed by atoms with Gasteiger partial charge in [0, 0.05) is 29.9 Å². The molecule has 2 atom stereocenters. The number of hydrogen-bond acceptors (Lipinski definition) is 5. The maximum atomic E-state index is 12.7. The Labute approximate surface area is 200 Å². The summed E-state index contributed by atoms with van der Waals surface area (Å²) >= 11 is 0. The lowest BCUT2D eigenvalue weighted by atomic mass is 9.83. The molecular formula is C27H31N3O4. The van der Waals surface area contributed by atoms with Gasteiger partial charge in [0.1, 0.15) is 0 Å². The summed E-state index contributed by atoms with van der Waals surface area (Å²) in [5.74, 6) is 1.61. The van der Waals surface area contributed by atoms with Crippen LogP contribution in [0.25, 0.3) is 6.08 Å². The van der Waals surface area contributed by atoms with Crippen LogP contribution in [0.5, 0.6) is 11.5 Å². The van der Waals surface area contributed by atoms with Crippen molar-refractivity contribution in [3.8, 4) is 11.5 Å². The lowest BCUT2D eigenvalue weighted by Gasteiger charge is -2.44. The van der Waals surface area contributed by atoms with Gasteiger partial charge in [-0.25, -0.2) is 0 Å². The van der Waals surface area contributed by atoms with Crippen molar-refractivity contribution in [1.82, 2.24) is 10.2 Å². The summed E-state index contributed by atoms with van der Waals surface area (Å²) in [6.45, 7) is 3.35. The third-order valence-electron chi connectivity index (χ3n) is 6.99. The van der Waals surface area contributed by atoms with E-state index in [1.165, 1.54) is 51.3 Å². The monoisotopic (exact) mass is 461 g/mol. The first-order valence-corrected chi connectivity index (χ1v) is 12.2. The Bertz CT molecular complexity index is 1060. The summed E-state index contributed by atoms with van der Waals surface area (Å²) in [5, 5.41) is 5.96. The number of carbonyl (C=O) groups excluding carboxylic acids is 2. The highest BCUT2D eigenvalue weighted by molar-refractivity contribution is 6.02. The molecule has 0 unspecified atom stereocenters. The zero-order chi connectivity index (χ0) is 23.3. The van der Waals surface area contributed by atoms with Crippen LogP contribution in [0.1, 0.15) is 48.0 Å². The highest BCUT2D eigenvalue weighted by atomic mass is 16.7. The third-order valence-corrected chi connectivity index (χ3v) is 6.99. The summed E-state index contributed by atoms with van der Waals surface area (Å²) in [6.07, 6.45) is 9.44. The molecule has 0 aliphatic carbocycles. The molecule has 3 aliphatic rings. The van der Waals surface area contributed by atoms with Crippen LogP contribution in [-0.2, 0) is 4.79 Å². The molecule has 0 spiro atoms. The average molecular weight is 462 g/mol. The van der Waals surface area contributed by atoms with Gasteiger partial charge in [-0.1, -0.05) is 12.5 Å². The molecule has 0 aromatic heterocycles. The Morgan fingerprint density at radius 1 is 0.971 bits per heavy atom. The van der Waals surface area contributed by atoms with Gasteiger partial charge in [0.25, 0.3) is 5.91 Å². The van der Waals surface area contributed by atoms with Crippen molar-refractivity contribution in [1.29, 1.82) is 0 Å². The highest BCUT2D eigenvalue weighted by Gasteiger charge is 2.32. The second-order valence-electron chi connectivity index (χ2n) is 9.22. The third kappa shape index (κ3) is 5.25. The molecule has 0 saturated carbocycles. The number of carbonyl (C=O) groups is 2. The second-order valence-corrected chi connectivity index (χ2v) is 9.22. The lowest BCUT2D eigenvalue weighted by molar-refractivity contribution is -0.111. The van der Waals surface area contributed by atoms with Gasteiger partial charge in [-0.15, -0.1) is 0 Å². The molecule has 3 heterocycles. The van der Waals surface area contributed by atoms with E-state index in [2.05, 4.69) is 15.5 Å². The molecule has 3 aliphatic heterocycles. The predicted octanol–water partition coefficient (Wildman–Crippen LogP) is 4.06. The van der Waals surface area contributed by atoms with E-state index in [0.717, 1.165) is 12.1 Å². The number of fused-ring (bicyclic) bond motifs is 2. The number of ether oxygens (including phenoxy) is 2. The number of rotatable bonds is 6. The van der Waals surface area contributed by atoms with Crippen LogP contribution >= 0.6 is 0 Å². The van der Waals surface area contributed by atoms with Crippen LogP contribution in [0.15, 0.2) is 48.5 Å². The highest BCUT2D eigenvalue weighted by Crippen LogP contribution is 2.33. The number of amides is 2. The Kier molecular flexibility index (Phi) is 6.81. The Morgan fingerprint density at radius 3 is 2.68 bits per heavy atom. The van der Waals surface area contributed by atoms with Gasteiger partial charge in [0.15, 0.2) is 11.5 Å². The summed E-state index contributed by atoms with van der Waals surface area (Å²) in [6, 6.07) is 13.1. The van der Waals surface area contributed by atoms with E-state index in [1.54, 1.807) is 30.3 Å². The molecule has 178 valence electrons. The number of nitrogens with one attached hydrogen (secondary N) is 2. The van der Waals surface area contributed by atoms with Gasteiger partial charge in [0.05, 0.1) is 0 Å². The Hall–Kier alpha value is -3.32. The van der Waals surface area contributed by atoms with E-state index < -0.39 is 0 Å². The summed E-state index contributed by atoms with van der Waals surface area (Å²) in [4.78, 5) is 27.6. The van der Waals surface area contributed by atoms with Crippen LogP contribution in [0.4, 0.5) is 5.69 Å². The van der Waals surface area contributed by atoms with Crippen molar-refractivity contribution in [2.24, 2.45) is 5.92 Å². The fraction of sp³-hybridized carbons (Fsp3) is 0.407. The van der Waals surface area contributed by atoms with Crippen LogP contribution in [-0.4, -0.2) is 49.2 Å². The van der Waals surface area contributed by atoms with E-state index in [-0.39, 0.29) is 18.6 Å². The van der Waals surface area contributed by atoms with E-state index in [4.69, 9.17) is 9.47 Å². The molecule has 0 bridgehead atoms. The second kappa shape index (κ2) is 10.3. The Balaban J connectivity index is 1.11. The van der Waals surface area contributed by atoms with E-state index in [0.29, 0.717) is 34.7 Å². The molecule has 34 heavy (non-hydrogen) atoms. The molecule has 2 aromatic rings. The number of piperidine rings is 2. The van der Waals surface area contributed by atoms with Crippen LogP contribution in [0, 0.1) is 5.92 Å².